The SMILES string of the molecule is C=C(C)Cn1c(SCC(=O)OCC)nc2c(=O)c3c(sc21)COC(C)(C)C3. The van der Waals surface area contributed by atoms with E-state index in [1.54, 1.807) is 18.3 Å². The molecule has 0 saturated carbocycles. The van der Waals surface area contributed by atoms with Crippen LogP contribution in [-0.4, -0.2) is 33.5 Å². The standard InChI is InChI=1S/C19H24N2O4S2/c1-6-24-14(22)10-26-18-20-15-16(23)12-7-19(4,5)25-9-13(12)27-17(15)21(18)8-11(2)3/h2,6-10H2,1,3-5H3. The van der Waals surface area contributed by atoms with E-state index in [1.165, 1.54) is 11.8 Å². The molecule has 3 rings (SSSR count). The number of aromatic nitrogens is 2. The van der Waals surface area contributed by atoms with Gasteiger partial charge >= 0.3 is 5.97 Å². The minimum Gasteiger partial charge on any atom is -0.465 e. The van der Waals surface area contributed by atoms with Crippen molar-refractivity contribution < 1.29 is 14.3 Å². The van der Waals surface area contributed by atoms with Gasteiger partial charge in [-0.05, 0) is 27.7 Å². The predicted molar refractivity (Wildman–Crippen MR) is 109 cm³/mol. The lowest BCUT2D eigenvalue weighted by Gasteiger charge is -2.30. The van der Waals surface area contributed by atoms with Crippen LogP contribution in [-0.2, 0) is 33.8 Å². The van der Waals surface area contributed by atoms with E-state index in [2.05, 4.69) is 11.6 Å². The molecule has 0 aromatic carbocycles. The molecule has 0 atom stereocenters. The molecular weight excluding hydrogens is 384 g/mol. The van der Waals surface area contributed by atoms with Gasteiger partial charge in [0.15, 0.2) is 5.16 Å². The third-order valence-electron chi connectivity index (χ3n) is 4.18. The van der Waals surface area contributed by atoms with Crippen molar-refractivity contribution in [2.24, 2.45) is 0 Å². The summed E-state index contributed by atoms with van der Waals surface area (Å²) < 4.78 is 12.8. The summed E-state index contributed by atoms with van der Waals surface area (Å²) in [6, 6.07) is 0. The number of nitrogens with zero attached hydrogens (tertiary/aromatic N) is 2. The summed E-state index contributed by atoms with van der Waals surface area (Å²) in [5.74, 6) is -0.140. The number of allylic oxidation sites excluding steroid dienone is 1. The Bertz CT molecular complexity index is 959. The van der Waals surface area contributed by atoms with E-state index >= 15 is 0 Å². The second-order valence-corrected chi connectivity index (χ2v) is 9.27. The van der Waals surface area contributed by atoms with Crippen LogP contribution in [0.15, 0.2) is 22.1 Å². The Balaban J connectivity index is 2.08. The molecule has 0 saturated heterocycles. The number of hydrogen-bond acceptors (Lipinski definition) is 7. The van der Waals surface area contributed by atoms with Gasteiger partial charge in [0.2, 0.25) is 5.43 Å². The molecule has 146 valence electrons. The average molecular weight is 409 g/mol. The maximum absolute atomic E-state index is 13.1. The Labute approximate surface area is 166 Å². The molecule has 2 aromatic rings. The highest BCUT2D eigenvalue weighted by atomic mass is 32.2. The number of ether oxygens (including phenoxy) is 2. The summed E-state index contributed by atoms with van der Waals surface area (Å²) in [6.45, 7) is 13.0. The number of rotatable bonds is 6. The van der Waals surface area contributed by atoms with Gasteiger partial charge in [-0.1, -0.05) is 23.9 Å². The van der Waals surface area contributed by atoms with E-state index in [9.17, 15) is 9.59 Å². The van der Waals surface area contributed by atoms with E-state index in [-0.39, 0.29) is 22.8 Å². The zero-order chi connectivity index (χ0) is 19.8. The van der Waals surface area contributed by atoms with Crippen molar-refractivity contribution in [2.45, 2.75) is 58.0 Å². The molecule has 0 amide bonds. The first kappa shape index (κ1) is 20.1. The van der Waals surface area contributed by atoms with E-state index in [4.69, 9.17) is 9.47 Å². The zero-order valence-corrected chi connectivity index (χ0v) is 17.7. The molecule has 27 heavy (non-hydrogen) atoms. The number of thioether (sulfide) groups is 1. The molecule has 0 spiro atoms. The van der Waals surface area contributed by atoms with Crippen molar-refractivity contribution in [3.05, 3.63) is 32.8 Å². The molecule has 1 aliphatic rings. The maximum Gasteiger partial charge on any atom is 0.316 e. The Morgan fingerprint density at radius 1 is 1.48 bits per heavy atom. The molecule has 0 bridgehead atoms. The third-order valence-corrected chi connectivity index (χ3v) is 6.35. The molecule has 0 N–H and O–H groups in total. The monoisotopic (exact) mass is 408 g/mol. The Hall–Kier alpha value is -1.64. The third kappa shape index (κ3) is 4.28. The molecule has 0 radical (unpaired) electrons. The van der Waals surface area contributed by atoms with Gasteiger partial charge in [-0.3, -0.25) is 9.59 Å². The summed E-state index contributed by atoms with van der Waals surface area (Å²) in [4.78, 5) is 31.2. The Morgan fingerprint density at radius 3 is 2.89 bits per heavy atom. The van der Waals surface area contributed by atoms with E-state index in [0.29, 0.717) is 36.9 Å². The van der Waals surface area contributed by atoms with Crippen molar-refractivity contribution in [3.8, 4) is 0 Å². The summed E-state index contributed by atoms with van der Waals surface area (Å²) in [5, 5.41) is 0.636. The molecule has 3 heterocycles. The van der Waals surface area contributed by atoms with E-state index in [0.717, 1.165) is 20.8 Å². The van der Waals surface area contributed by atoms with Crippen LogP contribution in [0.2, 0.25) is 0 Å². The lowest BCUT2D eigenvalue weighted by molar-refractivity contribution is -0.139. The van der Waals surface area contributed by atoms with Gasteiger partial charge in [0.25, 0.3) is 0 Å². The first-order chi connectivity index (χ1) is 12.7. The van der Waals surface area contributed by atoms with Crippen molar-refractivity contribution in [2.75, 3.05) is 12.4 Å². The molecule has 0 unspecified atom stereocenters. The van der Waals surface area contributed by atoms with Crippen LogP contribution >= 0.6 is 23.1 Å². The molecule has 2 aromatic heterocycles. The maximum atomic E-state index is 13.1. The van der Waals surface area contributed by atoms with Crippen LogP contribution in [0.25, 0.3) is 10.3 Å². The predicted octanol–water partition coefficient (Wildman–Crippen LogP) is 3.54. The molecule has 0 fully saturated rings. The lowest BCUT2D eigenvalue weighted by atomic mass is 9.96. The summed E-state index contributed by atoms with van der Waals surface area (Å²) in [7, 11) is 0. The fourth-order valence-electron chi connectivity index (χ4n) is 3.00. The highest BCUT2D eigenvalue weighted by molar-refractivity contribution is 7.99. The fraction of sp³-hybridized carbons (Fsp3) is 0.526. The van der Waals surface area contributed by atoms with Crippen molar-refractivity contribution in [3.63, 3.8) is 0 Å². The number of imidazole rings is 1. The first-order valence-electron chi connectivity index (χ1n) is 8.83. The highest BCUT2D eigenvalue weighted by Gasteiger charge is 2.30. The average Bonchev–Trinajstić information content (AvgIpc) is 2.91. The topological polar surface area (TPSA) is 70.4 Å². The van der Waals surface area contributed by atoms with Crippen molar-refractivity contribution in [1.82, 2.24) is 9.55 Å². The van der Waals surface area contributed by atoms with Crippen LogP contribution in [0.1, 0.15) is 38.1 Å². The smallest absolute Gasteiger partial charge is 0.316 e. The van der Waals surface area contributed by atoms with Crippen LogP contribution in [0.4, 0.5) is 0 Å². The fourth-order valence-corrected chi connectivity index (χ4v) is 4.99. The quantitative estimate of drug-likeness (QED) is 0.414. The van der Waals surface area contributed by atoms with Gasteiger partial charge in [-0.2, -0.15) is 0 Å². The van der Waals surface area contributed by atoms with Crippen LogP contribution < -0.4 is 5.43 Å². The summed E-state index contributed by atoms with van der Waals surface area (Å²) in [6.07, 6.45) is 0.576. The second-order valence-electron chi connectivity index (χ2n) is 7.24. The van der Waals surface area contributed by atoms with E-state index < -0.39 is 0 Å². The minimum atomic E-state index is -0.353. The number of fused-ring (bicyclic) bond motifs is 2. The van der Waals surface area contributed by atoms with E-state index in [1.807, 2.05) is 25.3 Å². The molecule has 0 aliphatic carbocycles. The largest absolute Gasteiger partial charge is 0.465 e. The lowest BCUT2D eigenvalue weighted by Crippen LogP contribution is -2.34. The van der Waals surface area contributed by atoms with Gasteiger partial charge in [0.05, 0.1) is 24.6 Å². The van der Waals surface area contributed by atoms with Crippen molar-refractivity contribution >= 4 is 39.4 Å². The Kier molecular flexibility index (Phi) is 5.79. The van der Waals surface area contributed by atoms with Gasteiger partial charge in [-0.25, -0.2) is 4.98 Å². The van der Waals surface area contributed by atoms with Gasteiger partial charge in [-0.15, -0.1) is 11.3 Å². The van der Waals surface area contributed by atoms with Crippen LogP contribution in [0.5, 0.6) is 0 Å². The highest BCUT2D eigenvalue weighted by Crippen LogP contribution is 2.34. The molecular formula is C19H24N2O4S2. The molecule has 8 heteroatoms. The van der Waals surface area contributed by atoms with Crippen molar-refractivity contribution in [1.29, 1.82) is 0 Å². The molecule has 1 aliphatic heterocycles. The first-order valence-corrected chi connectivity index (χ1v) is 10.6. The minimum absolute atomic E-state index is 0.0337. The zero-order valence-electron chi connectivity index (χ0n) is 16.1. The summed E-state index contributed by atoms with van der Waals surface area (Å²) in [5.41, 5.74) is 1.82. The van der Waals surface area contributed by atoms with Gasteiger partial charge in [0.1, 0.15) is 10.3 Å². The molecule has 6 nitrogen and oxygen atoms in total. The van der Waals surface area contributed by atoms with Gasteiger partial charge in [0, 0.05) is 23.4 Å². The van der Waals surface area contributed by atoms with Crippen LogP contribution in [0, 0.1) is 0 Å². The number of carbonyl (C=O) groups excluding carboxylic acids is 1. The number of carbonyl (C=O) groups is 1. The number of esters is 1. The normalized spacial score (nSPS) is 15.6. The van der Waals surface area contributed by atoms with Crippen LogP contribution in [0.3, 0.4) is 0 Å². The number of hydrogen-bond donors (Lipinski definition) is 0. The van der Waals surface area contributed by atoms with Gasteiger partial charge < -0.3 is 14.0 Å². The second kappa shape index (κ2) is 7.77. The Morgan fingerprint density at radius 2 is 2.22 bits per heavy atom. The summed E-state index contributed by atoms with van der Waals surface area (Å²) >= 11 is 2.83.